The van der Waals surface area contributed by atoms with Crippen molar-refractivity contribution < 1.29 is 9.59 Å². The summed E-state index contributed by atoms with van der Waals surface area (Å²) in [7, 11) is 0. The van der Waals surface area contributed by atoms with Crippen molar-refractivity contribution in [2.75, 3.05) is 31.5 Å². The molecule has 0 bridgehead atoms. The lowest BCUT2D eigenvalue weighted by atomic mass is 9.93. The lowest BCUT2D eigenvalue weighted by molar-refractivity contribution is -0.117. The van der Waals surface area contributed by atoms with Gasteiger partial charge in [-0.1, -0.05) is 45.8 Å². The summed E-state index contributed by atoms with van der Waals surface area (Å²) in [5.74, 6) is -0.123. The lowest BCUT2D eigenvalue weighted by Crippen LogP contribution is -2.34. The molecule has 1 aliphatic carbocycles. The Balaban J connectivity index is 1.42. The number of amides is 2. The van der Waals surface area contributed by atoms with Gasteiger partial charge in [0, 0.05) is 40.0 Å². The van der Waals surface area contributed by atoms with E-state index in [1.165, 1.54) is 12.8 Å². The van der Waals surface area contributed by atoms with Crippen LogP contribution in [0.3, 0.4) is 0 Å². The number of likely N-dealkylation sites (tertiary alicyclic amines) is 1. The highest BCUT2D eigenvalue weighted by atomic mass is 79.9. The number of carbonyl (C=O) groups excluding carboxylic acids is 2. The normalized spacial score (nSPS) is 19.1. The Labute approximate surface area is 215 Å². The van der Waals surface area contributed by atoms with Crippen LogP contribution in [0, 0.1) is 0 Å². The maximum atomic E-state index is 13.0. The summed E-state index contributed by atoms with van der Waals surface area (Å²) in [5.41, 5.74) is 8.22. The Bertz CT molecular complexity index is 1300. The second-order valence-corrected chi connectivity index (χ2v) is 10.5. The number of allylic oxidation sites excluding steroid dienone is 3. The second kappa shape index (κ2) is 9.96. The smallest absolute Gasteiger partial charge is 0.256 e. The molecule has 1 fully saturated rings. The first kappa shape index (κ1) is 23.8. The van der Waals surface area contributed by atoms with E-state index in [1.54, 1.807) is 0 Å². The van der Waals surface area contributed by atoms with Crippen LogP contribution >= 0.6 is 15.9 Å². The highest BCUT2D eigenvalue weighted by molar-refractivity contribution is 9.10. The van der Waals surface area contributed by atoms with Crippen LogP contribution in [0.2, 0.25) is 0 Å². The van der Waals surface area contributed by atoms with Gasteiger partial charge < -0.3 is 15.5 Å². The lowest BCUT2D eigenvalue weighted by Gasteiger charge is -2.15. The minimum atomic E-state index is -0.107. The third kappa shape index (κ3) is 4.78. The van der Waals surface area contributed by atoms with Gasteiger partial charge in [0.05, 0.1) is 0 Å². The predicted molar refractivity (Wildman–Crippen MR) is 145 cm³/mol. The van der Waals surface area contributed by atoms with Gasteiger partial charge in [0.2, 0.25) is 0 Å². The number of rotatable bonds is 6. The number of fused-ring (bicyclic) bond motifs is 1. The molecule has 0 unspecified atom stereocenters. The maximum Gasteiger partial charge on any atom is 0.256 e. The summed E-state index contributed by atoms with van der Waals surface area (Å²) in [6.07, 6.45) is 5.15. The zero-order chi connectivity index (χ0) is 24.5. The van der Waals surface area contributed by atoms with E-state index >= 15 is 0 Å². The second-order valence-electron chi connectivity index (χ2n) is 9.54. The van der Waals surface area contributed by atoms with Crippen molar-refractivity contribution in [1.82, 2.24) is 10.2 Å². The molecule has 0 atom stereocenters. The van der Waals surface area contributed by atoms with Crippen molar-refractivity contribution in [1.29, 1.82) is 0 Å². The van der Waals surface area contributed by atoms with E-state index in [0.717, 1.165) is 68.8 Å². The van der Waals surface area contributed by atoms with Gasteiger partial charge >= 0.3 is 0 Å². The van der Waals surface area contributed by atoms with Gasteiger partial charge in [-0.05, 0) is 92.7 Å². The van der Waals surface area contributed by atoms with Crippen LogP contribution in [-0.2, 0) is 9.59 Å². The highest BCUT2D eigenvalue weighted by Gasteiger charge is 2.30. The molecule has 0 spiro atoms. The number of nitrogens with zero attached hydrogens (tertiary/aromatic N) is 1. The van der Waals surface area contributed by atoms with Crippen molar-refractivity contribution >= 4 is 39.0 Å². The first-order valence-corrected chi connectivity index (χ1v) is 13.0. The van der Waals surface area contributed by atoms with Crippen molar-refractivity contribution in [3.05, 3.63) is 80.9 Å². The minimum absolute atomic E-state index is 0.0151. The maximum absolute atomic E-state index is 13.0. The van der Waals surface area contributed by atoms with Crippen LogP contribution < -0.4 is 10.6 Å². The van der Waals surface area contributed by atoms with E-state index in [0.29, 0.717) is 18.5 Å². The molecule has 5 nitrogen and oxygen atoms in total. The van der Waals surface area contributed by atoms with E-state index < -0.39 is 0 Å². The molecule has 2 aromatic carbocycles. The van der Waals surface area contributed by atoms with E-state index in [9.17, 15) is 9.59 Å². The third-order valence-corrected chi connectivity index (χ3v) is 7.65. The molecule has 0 radical (unpaired) electrons. The number of benzene rings is 2. The molecule has 180 valence electrons. The van der Waals surface area contributed by atoms with Crippen molar-refractivity contribution in [3.8, 4) is 11.1 Å². The summed E-state index contributed by atoms with van der Waals surface area (Å²) < 4.78 is 0.991. The van der Waals surface area contributed by atoms with Gasteiger partial charge in [0.1, 0.15) is 0 Å². The van der Waals surface area contributed by atoms with Crippen molar-refractivity contribution in [2.45, 2.75) is 33.1 Å². The van der Waals surface area contributed by atoms with Crippen LogP contribution in [0.25, 0.3) is 16.7 Å². The van der Waals surface area contributed by atoms with Gasteiger partial charge in [-0.2, -0.15) is 0 Å². The van der Waals surface area contributed by atoms with Gasteiger partial charge in [-0.15, -0.1) is 0 Å². The highest BCUT2D eigenvalue weighted by Crippen LogP contribution is 2.42. The first-order valence-electron chi connectivity index (χ1n) is 12.2. The molecule has 35 heavy (non-hydrogen) atoms. The largest absolute Gasteiger partial charge is 0.351 e. The van der Waals surface area contributed by atoms with Crippen LogP contribution in [0.4, 0.5) is 5.69 Å². The molecule has 6 heteroatoms. The van der Waals surface area contributed by atoms with Crippen LogP contribution in [0.5, 0.6) is 0 Å². The average molecular weight is 532 g/mol. The van der Waals surface area contributed by atoms with E-state index in [-0.39, 0.29) is 11.8 Å². The van der Waals surface area contributed by atoms with Gasteiger partial charge in [0.15, 0.2) is 0 Å². The fourth-order valence-corrected chi connectivity index (χ4v) is 5.79. The topological polar surface area (TPSA) is 61.4 Å². The van der Waals surface area contributed by atoms with E-state index in [4.69, 9.17) is 0 Å². The fraction of sp³-hybridized carbons (Fsp3) is 0.310. The zero-order valence-electron chi connectivity index (χ0n) is 20.2. The zero-order valence-corrected chi connectivity index (χ0v) is 21.8. The Morgan fingerprint density at radius 1 is 1.14 bits per heavy atom. The minimum Gasteiger partial charge on any atom is -0.351 e. The van der Waals surface area contributed by atoms with Crippen molar-refractivity contribution in [3.63, 3.8) is 0 Å². The van der Waals surface area contributed by atoms with E-state index in [2.05, 4.69) is 43.6 Å². The number of hydrogen-bond donors (Lipinski definition) is 2. The Morgan fingerprint density at radius 3 is 2.69 bits per heavy atom. The van der Waals surface area contributed by atoms with Gasteiger partial charge in [0.25, 0.3) is 11.8 Å². The standard InChI is InChI=1S/C29H30BrN3O2/c1-18-15-21(19(2)26(18)29(35)31-11-14-33-12-3-4-13-33)17-24-27-23(20-7-5-8-22(30)16-20)9-6-10-25(27)32-28(24)34/h5-10,16-17H,3-4,11-15H2,1-2H3,(H,31,35)(H,32,34)/b24-17-. The molecule has 2 heterocycles. The summed E-state index contributed by atoms with van der Waals surface area (Å²) in [5, 5.41) is 6.13. The monoisotopic (exact) mass is 531 g/mol. The van der Waals surface area contributed by atoms with Crippen LogP contribution in [0.15, 0.2) is 75.3 Å². The van der Waals surface area contributed by atoms with Crippen LogP contribution in [0.1, 0.15) is 38.7 Å². The quantitative estimate of drug-likeness (QED) is 0.470. The number of carbonyl (C=O) groups is 2. The number of halogens is 1. The Kier molecular flexibility index (Phi) is 6.76. The summed E-state index contributed by atoms with van der Waals surface area (Å²) in [6.45, 7) is 7.81. The molecule has 2 aromatic rings. The molecule has 3 aliphatic rings. The molecule has 1 saturated heterocycles. The molecular weight excluding hydrogens is 502 g/mol. The van der Waals surface area contributed by atoms with Crippen LogP contribution in [-0.4, -0.2) is 42.9 Å². The number of hydrogen-bond acceptors (Lipinski definition) is 3. The summed E-state index contributed by atoms with van der Waals surface area (Å²) in [6, 6.07) is 14.1. The number of anilines is 1. The summed E-state index contributed by atoms with van der Waals surface area (Å²) >= 11 is 3.56. The van der Waals surface area contributed by atoms with Crippen molar-refractivity contribution in [2.24, 2.45) is 0 Å². The first-order chi connectivity index (χ1) is 16.9. The Morgan fingerprint density at radius 2 is 1.91 bits per heavy atom. The molecule has 2 aliphatic heterocycles. The molecule has 0 aromatic heterocycles. The van der Waals surface area contributed by atoms with Gasteiger partial charge in [-0.25, -0.2) is 0 Å². The molecule has 5 rings (SSSR count). The fourth-order valence-electron chi connectivity index (χ4n) is 5.39. The molecule has 2 N–H and O–H groups in total. The molecular formula is C29H30BrN3O2. The Hall–Kier alpha value is -2.96. The van der Waals surface area contributed by atoms with Gasteiger partial charge in [-0.3, -0.25) is 9.59 Å². The summed E-state index contributed by atoms with van der Waals surface area (Å²) in [4.78, 5) is 28.5. The average Bonchev–Trinajstić information content (AvgIpc) is 3.52. The van der Waals surface area contributed by atoms with E-state index in [1.807, 2.05) is 50.3 Å². The predicted octanol–water partition coefficient (Wildman–Crippen LogP) is 5.70. The third-order valence-electron chi connectivity index (χ3n) is 7.16. The molecule has 0 saturated carbocycles. The SMILES string of the molecule is CC1=C(C(=O)NCCN2CCCC2)C(C)=C(/C=C2\C(=O)Nc3cccc(-c4cccc(Br)c4)c32)C1. The molecule has 2 amide bonds. The number of nitrogens with one attached hydrogen (secondary N) is 2.